The van der Waals surface area contributed by atoms with Crippen LogP contribution in [0.1, 0.15) is 82.5 Å². The molecular weight excluding hydrogens is 540 g/mol. The van der Waals surface area contributed by atoms with E-state index < -0.39 is 15.9 Å². The van der Waals surface area contributed by atoms with Crippen LogP contribution in [0.5, 0.6) is 0 Å². The summed E-state index contributed by atoms with van der Waals surface area (Å²) in [6.45, 7) is 8.45. The lowest BCUT2D eigenvalue weighted by molar-refractivity contribution is -0.127. The fourth-order valence-corrected chi connectivity index (χ4v) is 8.25. The van der Waals surface area contributed by atoms with E-state index in [1.54, 1.807) is 29.2 Å². The van der Waals surface area contributed by atoms with Crippen LogP contribution in [0.3, 0.4) is 0 Å². The van der Waals surface area contributed by atoms with Crippen LogP contribution < -0.4 is 19.8 Å². The number of carbonyl (C=O) groups excluding carboxylic acids is 2. The molecule has 3 fully saturated rings. The molecule has 0 radical (unpaired) electrons. The Hall–Kier alpha value is -3.21. The van der Waals surface area contributed by atoms with Crippen LogP contribution in [0.4, 0.5) is 17.5 Å². The maximum absolute atomic E-state index is 13.7. The van der Waals surface area contributed by atoms with Crippen LogP contribution >= 0.6 is 0 Å². The van der Waals surface area contributed by atoms with Gasteiger partial charge in [0, 0.05) is 25.2 Å². The molecule has 1 aliphatic carbocycles. The van der Waals surface area contributed by atoms with Crippen molar-refractivity contribution in [2.45, 2.75) is 82.7 Å². The Balaban J connectivity index is 1.42. The molecule has 220 valence electrons. The Morgan fingerprint density at radius 3 is 2.56 bits per heavy atom. The number of hydrogen-bond acceptors (Lipinski definition) is 8. The van der Waals surface area contributed by atoms with E-state index in [1.165, 1.54) is 12.5 Å². The van der Waals surface area contributed by atoms with Crippen molar-refractivity contribution in [2.24, 2.45) is 17.3 Å². The molecule has 4 bridgehead atoms. The van der Waals surface area contributed by atoms with Gasteiger partial charge in [-0.1, -0.05) is 32.3 Å². The maximum atomic E-state index is 13.7. The SMILES string of the molecule is CC1CCNc2cccc(n2)S(=O)(=O)NC(=O)c2ccc(N3CCC4(CCCCC4)C3=O)nc2N2CC1CC2(C)C. The Morgan fingerprint density at radius 1 is 1.00 bits per heavy atom. The summed E-state index contributed by atoms with van der Waals surface area (Å²) in [6.07, 6.45) is 7.74. The van der Waals surface area contributed by atoms with Crippen molar-refractivity contribution < 1.29 is 18.0 Å². The lowest BCUT2D eigenvalue weighted by Crippen LogP contribution is -2.41. The van der Waals surface area contributed by atoms with E-state index in [4.69, 9.17) is 4.98 Å². The Morgan fingerprint density at radius 2 is 1.78 bits per heavy atom. The first-order chi connectivity index (χ1) is 19.5. The van der Waals surface area contributed by atoms with Gasteiger partial charge in [-0.05, 0) is 82.1 Å². The Kier molecular flexibility index (Phi) is 6.99. The van der Waals surface area contributed by atoms with E-state index in [1.807, 2.05) is 0 Å². The second-order valence-electron chi connectivity index (χ2n) is 13.0. The predicted octanol–water partition coefficient (Wildman–Crippen LogP) is 4.34. The summed E-state index contributed by atoms with van der Waals surface area (Å²) < 4.78 is 28.7. The smallest absolute Gasteiger partial charge is 0.281 e. The molecule has 2 aromatic heterocycles. The largest absolute Gasteiger partial charge is 0.370 e. The molecule has 2 aromatic rings. The minimum absolute atomic E-state index is 0.124. The molecule has 2 amide bonds. The molecule has 2 atom stereocenters. The number of nitrogens with one attached hydrogen (secondary N) is 2. The van der Waals surface area contributed by atoms with Gasteiger partial charge in [0.15, 0.2) is 5.03 Å². The molecule has 2 unspecified atom stereocenters. The van der Waals surface area contributed by atoms with E-state index in [0.29, 0.717) is 48.9 Å². The second-order valence-corrected chi connectivity index (χ2v) is 14.6. The molecule has 2 saturated heterocycles. The second kappa shape index (κ2) is 10.3. The van der Waals surface area contributed by atoms with Gasteiger partial charge in [-0.3, -0.25) is 14.5 Å². The molecule has 10 nitrogen and oxygen atoms in total. The highest BCUT2D eigenvalue weighted by Gasteiger charge is 2.48. The number of amides is 2. The van der Waals surface area contributed by atoms with Crippen molar-refractivity contribution in [3.05, 3.63) is 35.9 Å². The van der Waals surface area contributed by atoms with E-state index >= 15 is 0 Å². The lowest BCUT2D eigenvalue weighted by atomic mass is 9.73. The number of carbonyl (C=O) groups is 2. The number of nitrogens with zero attached hydrogens (tertiary/aromatic N) is 4. The summed E-state index contributed by atoms with van der Waals surface area (Å²) in [7, 11) is -4.24. The number of fused-ring (bicyclic) bond motifs is 6. The summed E-state index contributed by atoms with van der Waals surface area (Å²) in [5, 5.41) is 3.02. The molecular formula is C30H40N6O4S. The van der Waals surface area contributed by atoms with E-state index in [9.17, 15) is 18.0 Å². The highest BCUT2D eigenvalue weighted by atomic mass is 32.2. The van der Waals surface area contributed by atoms with Gasteiger partial charge >= 0.3 is 0 Å². The van der Waals surface area contributed by atoms with Gasteiger partial charge < -0.3 is 10.2 Å². The van der Waals surface area contributed by atoms with Gasteiger partial charge in [0.25, 0.3) is 15.9 Å². The zero-order chi connectivity index (χ0) is 29.0. The first-order valence-corrected chi connectivity index (χ1v) is 16.4. The predicted molar refractivity (Wildman–Crippen MR) is 157 cm³/mol. The van der Waals surface area contributed by atoms with Crippen LogP contribution in [0.25, 0.3) is 0 Å². The van der Waals surface area contributed by atoms with Gasteiger partial charge in [-0.25, -0.2) is 14.7 Å². The highest BCUT2D eigenvalue weighted by Crippen LogP contribution is 2.47. The summed E-state index contributed by atoms with van der Waals surface area (Å²) in [5.41, 5.74) is -0.463. The van der Waals surface area contributed by atoms with Gasteiger partial charge in [0.1, 0.15) is 17.5 Å². The summed E-state index contributed by atoms with van der Waals surface area (Å²) in [4.78, 5) is 40.5. The topological polar surface area (TPSA) is 125 Å². The minimum Gasteiger partial charge on any atom is -0.370 e. The van der Waals surface area contributed by atoms with Crippen LogP contribution in [0.15, 0.2) is 35.4 Å². The Bertz CT molecular complexity index is 1470. The van der Waals surface area contributed by atoms with E-state index in [-0.39, 0.29) is 27.5 Å². The number of sulfonamides is 1. The average molecular weight is 581 g/mol. The lowest BCUT2D eigenvalue weighted by Gasteiger charge is -2.34. The molecule has 3 aliphatic heterocycles. The van der Waals surface area contributed by atoms with Crippen molar-refractivity contribution >= 4 is 39.3 Å². The summed E-state index contributed by atoms with van der Waals surface area (Å²) >= 11 is 0. The third-order valence-corrected chi connectivity index (χ3v) is 11.0. The number of pyridine rings is 2. The first-order valence-electron chi connectivity index (χ1n) is 14.9. The number of anilines is 3. The molecule has 41 heavy (non-hydrogen) atoms. The molecule has 4 aliphatic rings. The monoisotopic (exact) mass is 580 g/mol. The molecule has 2 N–H and O–H groups in total. The molecule has 5 heterocycles. The zero-order valence-electron chi connectivity index (χ0n) is 24.1. The van der Waals surface area contributed by atoms with Gasteiger partial charge in [-0.15, -0.1) is 0 Å². The van der Waals surface area contributed by atoms with Gasteiger partial charge in [0.05, 0.1) is 11.0 Å². The summed E-state index contributed by atoms with van der Waals surface area (Å²) in [6, 6.07) is 8.02. The number of rotatable bonds is 1. The highest BCUT2D eigenvalue weighted by molar-refractivity contribution is 7.90. The number of aromatic nitrogens is 2. The zero-order valence-corrected chi connectivity index (χ0v) is 25.0. The quantitative estimate of drug-likeness (QED) is 0.511. The molecule has 0 aromatic carbocycles. The van der Waals surface area contributed by atoms with Crippen molar-refractivity contribution in [3.63, 3.8) is 0 Å². The first kappa shape index (κ1) is 27.9. The Labute approximate surface area is 242 Å². The number of hydrogen-bond donors (Lipinski definition) is 2. The minimum atomic E-state index is -4.24. The van der Waals surface area contributed by atoms with Gasteiger partial charge in [0.2, 0.25) is 5.91 Å². The van der Waals surface area contributed by atoms with Crippen molar-refractivity contribution in [3.8, 4) is 0 Å². The molecule has 1 saturated carbocycles. The van der Waals surface area contributed by atoms with Crippen molar-refractivity contribution in [2.75, 3.05) is 34.8 Å². The van der Waals surface area contributed by atoms with Crippen molar-refractivity contribution in [1.29, 1.82) is 0 Å². The van der Waals surface area contributed by atoms with Crippen molar-refractivity contribution in [1.82, 2.24) is 14.7 Å². The standard InChI is InChI=1S/C30H40N6O4S/c1-20-12-16-31-23-8-7-9-25(32-23)41(39,40)34-27(37)22-10-11-24(33-26(22)36-19-21(20)18-29(36,2)3)35-17-15-30(28(35)38)13-5-4-6-14-30/h7-11,20-21H,4-6,12-19H2,1-3H3,(H,31,32)(H,34,37). The van der Waals surface area contributed by atoms with E-state index in [0.717, 1.165) is 44.9 Å². The average Bonchev–Trinajstić information content (AvgIpc) is 3.43. The molecule has 6 rings (SSSR count). The third kappa shape index (κ3) is 5.06. The summed E-state index contributed by atoms with van der Waals surface area (Å²) in [5.74, 6) is 1.47. The van der Waals surface area contributed by atoms with Crippen LogP contribution in [-0.2, 0) is 14.8 Å². The van der Waals surface area contributed by atoms with Crippen LogP contribution in [-0.4, -0.2) is 55.4 Å². The maximum Gasteiger partial charge on any atom is 0.281 e. The van der Waals surface area contributed by atoms with Crippen LogP contribution in [0.2, 0.25) is 0 Å². The molecule has 11 heteroatoms. The fraction of sp³-hybridized carbons (Fsp3) is 0.600. The van der Waals surface area contributed by atoms with Crippen LogP contribution in [0, 0.1) is 17.3 Å². The molecule has 1 spiro atoms. The third-order valence-electron chi connectivity index (χ3n) is 9.81. The van der Waals surface area contributed by atoms with E-state index in [2.05, 4.69) is 40.7 Å². The van der Waals surface area contributed by atoms with Gasteiger partial charge in [-0.2, -0.15) is 8.42 Å². The fourth-order valence-electron chi connectivity index (χ4n) is 7.31. The normalized spacial score (nSPS) is 27.0.